The Balaban J connectivity index is 1.82. The maximum absolute atomic E-state index is 13.9. The van der Waals surface area contributed by atoms with Crippen LogP contribution in [-0.4, -0.2) is 45.3 Å². The van der Waals surface area contributed by atoms with Crippen molar-refractivity contribution >= 4 is 5.91 Å². The van der Waals surface area contributed by atoms with Gasteiger partial charge in [0, 0.05) is 31.4 Å². The molecule has 1 aliphatic rings. The van der Waals surface area contributed by atoms with E-state index in [1.165, 1.54) is 12.3 Å². The van der Waals surface area contributed by atoms with Crippen molar-refractivity contribution in [3.8, 4) is 0 Å². The molecule has 0 N–H and O–H groups in total. The smallest absolute Gasteiger partial charge is 0.257 e. The van der Waals surface area contributed by atoms with Gasteiger partial charge in [0.15, 0.2) is 5.82 Å². The second-order valence-electron chi connectivity index (χ2n) is 5.74. The zero-order chi connectivity index (χ0) is 16.9. The fraction of sp³-hybridized carbons (Fsp3) is 0.353. The first-order valence-electron chi connectivity index (χ1n) is 7.77. The highest BCUT2D eigenvalue weighted by molar-refractivity contribution is 5.94. The quantitative estimate of drug-likeness (QED) is 0.620. The van der Waals surface area contributed by atoms with Crippen LogP contribution in [0.25, 0.3) is 0 Å². The average molecular weight is 330 g/mol. The van der Waals surface area contributed by atoms with Gasteiger partial charge in [-0.25, -0.2) is 4.39 Å². The van der Waals surface area contributed by atoms with Gasteiger partial charge >= 0.3 is 0 Å². The highest BCUT2D eigenvalue weighted by Crippen LogP contribution is 2.19. The number of aromatic nitrogens is 3. The number of hydrogen-bond donors (Lipinski definition) is 0. The van der Waals surface area contributed by atoms with E-state index >= 15 is 0 Å². The van der Waals surface area contributed by atoms with Gasteiger partial charge in [-0.05, 0) is 12.1 Å². The first kappa shape index (κ1) is 16.3. The predicted octanol–water partition coefficient (Wildman–Crippen LogP) is 1.89. The Morgan fingerprint density at radius 3 is 3.08 bits per heavy atom. The van der Waals surface area contributed by atoms with Crippen molar-refractivity contribution in [3.05, 3.63) is 60.5 Å². The first-order chi connectivity index (χ1) is 11.7. The summed E-state index contributed by atoms with van der Waals surface area (Å²) in [6.45, 7) is 6.08. The second kappa shape index (κ2) is 7.35. The Hall–Kier alpha value is -2.54. The molecule has 126 valence electrons. The van der Waals surface area contributed by atoms with Crippen molar-refractivity contribution in [3.63, 3.8) is 0 Å². The van der Waals surface area contributed by atoms with Crippen LogP contribution in [0.15, 0.2) is 43.4 Å². The van der Waals surface area contributed by atoms with Crippen LogP contribution >= 0.6 is 0 Å². The Morgan fingerprint density at radius 2 is 2.29 bits per heavy atom. The number of carbonyl (C=O) groups is 1. The number of hydrogen-bond acceptors (Lipinski definition) is 4. The molecule has 0 radical (unpaired) electrons. The summed E-state index contributed by atoms with van der Waals surface area (Å²) in [4.78, 5) is 18.1. The minimum absolute atomic E-state index is 0.0312. The summed E-state index contributed by atoms with van der Waals surface area (Å²) in [5.41, 5.74) is 0.952. The number of ether oxygens (including phenoxy) is 1. The number of fused-ring (bicyclic) bond motifs is 1. The van der Waals surface area contributed by atoms with Crippen LogP contribution in [0.1, 0.15) is 16.1 Å². The van der Waals surface area contributed by atoms with Gasteiger partial charge in [-0.2, -0.15) is 5.10 Å². The van der Waals surface area contributed by atoms with E-state index in [0.717, 1.165) is 11.9 Å². The normalized spacial score (nSPS) is 17.2. The molecule has 7 heteroatoms. The van der Waals surface area contributed by atoms with Crippen LogP contribution in [0.3, 0.4) is 0 Å². The maximum atomic E-state index is 13.9. The molecule has 0 spiro atoms. The minimum atomic E-state index is -0.611. The Morgan fingerprint density at radius 1 is 1.42 bits per heavy atom. The van der Waals surface area contributed by atoms with Crippen molar-refractivity contribution in [2.45, 2.75) is 13.1 Å². The molecule has 6 nitrogen and oxygen atoms in total. The number of amides is 1. The van der Waals surface area contributed by atoms with Gasteiger partial charge in [-0.1, -0.05) is 6.08 Å². The Labute approximate surface area is 139 Å². The molecule has 1 unspecified atom stereocenters. The molecule has 0 saturated heterocycles. The third-order valence-corrected chi connectivity index (χ3v) is 3.95. The summed E-state index contributed by atoms with van der Waals surface area (Å²) in [5, 5.41) is 4.30. The summed E-state index contributed by atoms with van der Waals surface area (Å²) in [5.74, 6) is -0.891. The van der Waals surface area contributed by atoms with E-state index in [0.29, 0.717) is 32.8 Å². The van der Waals surface area contributed by atoms with Crippen LogP contribution < -0.4 is 0 Å². The number of pyridine rings is 1. The zero-order valence-corrected chi connectivity index (χ0v) is 13.3. The average Bonchev–Trinajstić information content (AvgIpc) is 2.93. The Bertz CT molecular complexity index is 731. The summed E-state index contributed by atoms with van der Waals surface area (Å²) in [6, 6.07) is 3.28. The molecule has 0 saturated carbocycles. The van der Waals surface area contributed by atoms with Crippen molar-refractivity contribution in [2.75, 3.05) is 19.8 Å². The summed E-state index contributed by atoms with van der Waals surface area (Å²) in [6.07, 6.45) is 5.87. The van der Waals surface area contributed by atoms with Crippen LogP contribution in [-0.2, 0) is 17.8 Å². The fourth-order valence-electron chi connectivity index (χ4n) is 2.83. The van der Waals surface area contributed by atoms with Gasteiger partial charge in [0.25, 0.3) is 5.91 Å². The molecule has 0 aliphatic carbocycles. The molecule has 0 fully saturated rings. The van der Waals surface area contributed by atoms with Crippen LogP contribution in [0.2, 0.25) is 0 Å². The van der Waals surface area contributed by atoms with Gasteiger partial charge in [-0.15, -0.1) is 6.58 Å². The lowest BCUT2D eigenvalue weighted by molar-refractivity contribution is 0.0633. The number of rotatable bonds is 5. The van der Waals surface area contributed by atoms with E-state index in [4.69, 9.17) is 4.74 Å². The van der Waals surface area contributed by atoms with Gasteiger partial charge in [0.2, 0.25) is 0 Å². The topological polar surface area (TPSA) is 60.2 Å². The molecule has 1 atom stereocenters. The lowest BCUT2D eigenvalue weighted by Gasteiger charge is -2.24. The van der Waals surface area contributed by atoms with E-state index in [1.807, 2.05) is 10.7 Å². The number of carbonyl (C=O) groups excluding carboxylic acids is 1. The minimum Gasteiger partial charge on any atom is -0.377 e. The molecular weight excluding hydrogens is 311 g/mol. The largest absolute Gasteiger partial charge is 0.377 e. The molecule has 2 aromatic rings. The van der Waals surface area contributed by atoms with Gasteiger partial charge in [0.05, 0.1) is 37.2 Å². The summed E-state index contributed by atoms with van der Waals surface area (Å²) < 4.78 is 21.3. The number of nitrogens with zero attached hydrogens (tertiary/aromatic N) is 4. The van der Waals surface area contributed by atoms with Gasteiger partial charge in [-0.3, -0.25) is 14.5 Å². The van der Waals surface area contributed by atoms with E-state index in [9.17, 15) is 9.18 Å². The molecule has 0 bridgehead atoms. The molecule has 2 aromatic heterocycles. The second-order valence-corrected chi connectivity index (χ2v) is 5.74. The van der Waals surface area contributed by atoms with E-state index in [1.54, 1.807) is 17.2 Å². The lowest BCUT2D eigenvalue weighted by atomic mass is 10.1. The summed E-state index contributed by atoms with van der Waals surface area (Å²) in [7, 11) is 0. The highest BCUT2D eigenvalue weighted by Gasteiger charge is 2.27. The fourth-order valence-corrected chi connectivity index (χ4v) is 2.83. The monoisotopic (exact) mass is 330 g/mol. The molecule has 24 heavy (non-hydrogen) atoms. The standard InChI is InChI=1S/C17H19FN4O2/c1-2-7-24-12-13-9-21(11-14-3-6-20-22(14)10-13)17(23)15-4-5-19-8-16(15)18/h2-6,8,13H,1,7,9-12H2. The molecule has 3 rings (SSSR count). The molecule has 1 amide bonds. The third-order valence-electron chi connectivity index (χ3n) is 3.95. The van der Waals surface area contributed by atoms with Crippen molar-refractivity contribution in [1.29, 1.82) is 0 Å². The van der Waals surface area contributed by atoms with Crippen LogP contribution in [0.5, 0.6) is 0 Å². The number of halogens is 1. The molecule has 3 heterocycles. The van der Waals surface area contributed by atoms with Gasteiger partial charge < -0.3 is 9.64 Å². The molecular formula is C17H19FN4O2. The van der Waals surface area contributed by atoms with E-state index in [-0.39, 0.29) is 17.4 Å². The predicted molar refractivity (Wildman–Crippen MR) is 85.7 cm³/mol. The van der Waals surface area contributed by atoms with Crippen molar-refractivity contribution in [1.82, 2.24) is 19.7 Å². The van der Waals surface area contributed by atoms with E-state index < -0.39 is 5.82 Å². The van der Waals surface area contributed by atoms with Crippen LogP contribution in [0.4, 0.5) is 4.39 Å². The van der Waals surface area contributed by atoms with E-state index in [2.05, 4.69) is 16.7 Å². The van der Waals surface area contributed by atoms with Crippen molar-refractivity contribution < 1.29 is 13.9 Å². The SMILES string of the molecule is C=CCOCC1CN(C(=O)c2ccncc2F)Cc2ccnn2C1. The molecule has 1 aliphatic heterocycles. The zero-order valence-electron chi connectivity index (χ0n) is 13.3. The third kappa shape index (κ3) is 3.51. The Kier molecular flexibility index (Phi) is 5.00. The maximum Gasteiger partial charge on any atom is 0.257 e. The van der Waals surface area contributed by atoms with Crippen molar-refractivity contribution in [2.24, 2.45) is 5.92 Å². The summed E-state index contributed by atoms with van der Waals surface area (Å²) >= 11 is 0. The van der Waals surface area contributed by atoms with Gasteiger partial charge in [0.1, 0.15) is 0 Å². The molecule has 0 aromatic carbocycles. The lowest BCUT2D eigenvalue weighted by Crippen LogP contribution is -2.35. The first-order valence-corrected chi connectivity index (χ1v) is 7.77. The highest BCUT2D eigenvalue weighted by atomic mass is 19.1. The van der Waals surface area contributed by atoms with Crippen LogP contribution in [0, 0.1) is 11.7 Å².